The number of urea groups is 1. The van der Waals surface area contributed by atoms with Crippen LogP contribution in [0.4, 0.5) is 27.5 Å². The minimum atomic E-state index is -0.505. The van der Waals surface area contributed by atoms with E-state index in [2.05, 4.69) is 16.0 Å². The molecule has 0 spiro atoms. The number of halogens is 2. The van der Waals surface area contributed by atoms with Gasteiger partial charge in [-0.1, -0.05) is 76.4 Å². The lowest BCUT2D eigenvalue weighted by atomic mass is 10.2. The van der Waals surface area contributed by atoms with Crippen molar-refractivity contribution in [3.8, 4) is 0 Å². The molecule has 0 aliphatic carbocycles. The van der Waals surface area contributed by atoms with E-state index < -0.39 is 17.8 Å². The number of hydrogen-bond acceptors (Lipinski definition) is 5. The first-order chi connectivity index (χ1) is 19.7. The monoisotopic (exact) mass is 602 g/mol. The molecule has 5 rings (SSSR count). The second-order valence-corrected chi connectivity index (χ2v) is 11.2. The predicted octanol–water partition coefficient (Wildman–Crippen LogP) is 8.24. The number of nitrogens with one attached hydrogen (secondary N) is 3. The molecule has 0 atom stereocenters. The molecule has 0 aromatic heterocycles. The molecule has 1 aliphatic rings. The van der Waals surface area contributed by atoms with Gasteiger partial charge in [-0.15, -0.1) is 0 Å². The van der Waals surface area contributed by atoms with Crippen LogP contribution in [0.5, 0.6) is 0 Å². The average Bonchev–Trinajstić information content (AvgIpc) is 3.16. The van der Waals surface area contributed by atoms with Crippen LogP contribution in [0.2, 0.25) is 10.0 Å². The van der Waals surface area contributed by atoms with E-state index in [0.717, 1.165) is 22.9 Å². The molecule has 0 unspecified atom stereocenters. The maximum atomic E-state index is 13.7. The number of thioether (sulfide) groups is 1. The van der Waals surface area contributed by atoms with Crippen LogP contribution < -0.4 is 20.9 Å². The second kappa shape index (κ2) is 12.1. The second-order valence-electron chi connectivity index (χ2n) is 9.31. The summed E-state index contributed by atoms with van der Waals surface area (Å²) in [4.78, 5) is 42.0. The van der Waals surface area contributed by atoms with Crippen molar-refractivity contribution in [2.24, 2.45) is 0 Å². The summed E-state index contributed by atoms with van der Waals surface area (Å²) in [5.41, 5.74) is 4.32. The third-order valence-electron chi connectivity index (χ3n) is 6.15. The van der Waals surface area contributed by atoms with Gasteiger partial charge in [-0.25, -0.2) is 9.69 Å². The van der Waals surface area contributed by atoms with Crippen molar-refractivity contribution in [3.63, 3.8) is 0 Å². The first-order valence-electron chi connectivity index (χ1n) is 12.5. The topological polar surface area (TPSA) is 90.5 Å². The molecule has 3 N–H and O–H groups in total. The number of imide groups is 1. The van der Waals surface area contributed by atoms with Gasteiger partial charge in [0.2, 0.25) is 0 Å². The van der Waals surface area contributed by atoms with Crippen molar-refractivity contribution in [1.82, 2.24) is 0 Å². The summed E-state index contributed by atoms with van der Waals surface area (Å²) in [6.07, 6.45) is 0. The molecule has 4 amide bonds. The Hall–Kier alpha value is -4.24. The van der Waals surface area contributed by atoms with E-state index in [0.29, 0.717) is 37.7 Å². The van der Waals surface area contributed by atoms with Crippen LogP contribution >= 0.6 is 35.0 Å². The molecule has 41 heavy (non-hydrogen) atoms. The Morgan fingerprint density at radius 2 is 1.44 bits per heavy atom. The molecule has 0 bridgehead atoms. The van der Waals surface area contributed by atoms with Crippen molar-refractivity contribution in [2.75, 3.05) is 20.9 Å². The molecule has 7 nitrogen and oxygen atoms in total. The Kier molecular flexibility index (Phi) is 8.35. The molecule has 206 valence electrons. The first-order valence-corrected chi connectivity index (χ1v) is 14.1. The highest BCUT2D eigenvalue weighted by atomic mass is 35.5. The van der Waals surface area contributed by atoms with Crippen LogP contribution in [0.25, 0.3) is 0 Å². The summed E-state index contributed by atoms with van der Waals surface area (Å²) in [7, 11) is 0. The quantitative estimate of drug-likeness (QED) is 0.185. The minimum absolute atomic E-state index is 0.179. The molecule has 10 heteroatoms. The smallest absolute Gasteiger partial charge is 0.323 e. The van der Waals surface area contributed by atoms with Crippen LogP contribution in [0, 0.1) is 13.8 Å². The average molecular weight is 604 g/mol. The maximum absolute atomic E-state index is 13.7. The number of amides is 4. The fourth-order valence-electron chi connectivity index (χ4n) is 4.05. The zero-order valence-electron chi connectivity index (χ0n) is 22.0. The maximum Gasteiger partial charge on any atom is 0.323 e. The van der Waals surface area contributed by atoms with E-state index in [1.54, 1.807) is 48.5 Å². The molecule has 1 heterocycles. The van der Waals surface area contributed by atoms with Gasteiger partial charge in [-0.3, -0.25) is 9.59 Å². The van der Waals surface area contributed by atoms with Gasteiger partial charge in [0, 0.05) is 21.3 Å². The Balaban J connectivity index is 1.40. The number of benzene rings is 4. The number of aryl methyl sites for hydroxylation is 2. The number of nitrogens with zero attached hydrogens (tertiary/aromatic N) is 1. The zero-order valence-corrected chi connectivity index (χ0v) is 24.3. The van der Waals surface area contributed by atoms with Gasteiger partial charge in [0.25, 0.3) is 11.8 Å². The van der Waals surface area contributed by atoms with Crippen LogP contribution in [0.1, 0.15) is 11.1 Å². The fourth-order valence-corrected chi connectivity index (χ4v) is 5.50. The highest BCUT2D eigenvalue weighted by Gasteiger charge is 2.40. The Labute approximate surface area is 251 Å². The number of anilines is 4. The number of hydrogen-bond donors (Lipinski definition) is 3. The molecule has 0 radical (unpaired) electrons. The summed E-state index contributed by atoms with van der Waals surface area (Å²) in [6, 6.07) is 26.0. The molecule has 0 fully saturated rings. The highest BCUT2D eigenvalue weighted by molar-refractivity contribution is 8.04. The molecular formula is C31H24Cl2N4O3S. The van der Waals surface area contributed by atoms with E-state index in [-0.39, 0.29) is 10.6 Å². The Morgan fingerprint density at radius 1 is 0.756 bits per heavy atom. The summed E-state index contributed by atoms with van der Waals surface area (Å²) < 4.78 is 0. The third kappa shape index (κ3) is 6.57. The summed E-state index contributed by atoms with van der Waals surface area (Å²) in [6.45, 7) is 3.91. The van der Waals surface area contributed by atoms with Gasteiger partial charge < -0.3 is 16.0 Å². The first kappa shape index (κ1) is 28.3. The lowest BCUT2D eigenvalue weighted by Gasteiger charge is -2.15. The van der Waals surface area contributed by atoms with Crippen molar-refractivity contribution >= 4 is 75.6 Å². The molecule has 4 aromatic carbocycles. The van der Waals surface area contributed by atoms with Gasteiger partial charge in [0.05, 0.1) is 16.4 Å². The third-order valence-corrected chi connectivity index (χ3v) is 7.77. The standard InChI is InChI=1S/C31H24Cl2N4O3S/c1-18-6-11-21(12-7-18)34-27-28(30(39)37(29(27)38)23-13-8-19(2)9-14-23)41-24-5-3-4-22(17-24)35-31(40)36-26-15-10-20(32)16-25(26)33/h3-17,34H,1-2H3,(H2,35,36,40). The minimum Gasteiger partial charge on any atom is -0.350 e. The summed E-state index contributed by atoms with van der Waals surface area (Å²) >= 11 is 13.2. The van der Waals surface area contributed by atoms with Crippen LogP contribution in [-0.2, 0) is 9.59 Å². The molecule has 1 aliphatic heterocycles. The zero-order chi connectivity index (χ0) is 29.1. The van der Waals surface area contributed by atoms with E-state index in [1.165, 1.54) is 11.0 Å². The van der Waals surface area contributed by atoms with Crippen molar-refractivity contribution < 1.29 is 14.4 Å². The van der Waals surface area contributed by atoms with Gasteiger partial charge in [0.1, 0.15) is 10.6 Å². The largest absolute Gasteiger partial charge is 0.350 e. The van der Waals surface area contributed by atoms with Crippen molar-refractivity contribution in [3.05, 3.63) is 123 Å². The van der Waals surface area contributed by atoms with E-state index in [9.17, 15) is 14.4 Å². The SMILES string of the molecule is Cc1ccc(NC2=C(Sc3cccc(NC(=O)Nc4ccc(Cl)cc4Cl)c3)C(=O)N(c3ccc(C)cc3)C2=O)cc1. The van der Waals surface area contributed by atoms with Gasteiger partial charge >= 0.3 is 6.03 Å². The fraction of sp³-hybridized carbons (Fsp3) is 0.0645. The van der Waals surface area contributed by atoms with E-state index in [4.69, 9.17) is 23.2 Å². The van der Waals surface area contributed by atoms with E-state index in [1.807, 2.05) is 50.2 Å². The number of carbonyl (C=O) groups is 3. The molecule has 4 aromatic rings. The number of rotatable bonds is 7. The lowest BCUT2D eigenvalue weighted by molar-refractivity contribution is -0.120. The molecule has 0 saturated heterocycles. The number of carbonyl (C=O) groups excluding carboxylic acids is 3. The van der Waals surface area contributed by atoms with Crippen LogP contribution in [-0.4, -0.2) is 17.8 Å². The van der Waals surface area contributed by atoms with Gasteiger partial charge in [-0.05, 0) is 74.5 Å². The molecular weight excluding hydrogens is 579 g/mol. The van der Waals surface area contributed by atoms with Crippen LogP contribution in [0.15, 0.2) is 106 Å². The molecule has 0 saturated carbocycles. The lowest BCUT2D eigenvalue weighted by Crippen LogP contribution is -2.32. The normalized spacial score (nSPS) is 13.0. The van der Waals surface area contributed by atoms with Gasteiger partial charge in [0.15, 0.2) is 0 Å². The Morgan fingerprint density at radius 3 is 2.12 bits per heavy atom. The highest BCUT2D eigenvalue weighted by Crippen LogP contribution is 2.38. The van der Waals surface area contributed by atoms with Crippen molar-refractivity contribution in [2.45, 2.75) is 18.7 Å². The van der Waals surface area contributed by atoms with Gasteiger partial charge in [-0.2, -0.15) is 0 Å². The summed E-state index contributed by atoms with van der Waals surface area (Å²) in [5, 5.41) is 9.37. The Bertz CT molecular complexity index is 1690. The predicted molar refractivity (Wildman–Crippen MR) is 167 cm³/mol. The van der Waals surface area contributed by atoms with Crippen molar-refractivity contribution in [1.29, 1.82) is 0 Å². The van der Waals surface area contributed by atoms with E-state index >= 15 is 0 Å². The summed E-state index contributed by atoms with van der Waals surface area (Å²) in [5.74, 6) is -0.887. The van der Waals surface area contributed by atoms with Crippen LogP contribution in [0.3, 0.4) is 0 Å².